The molecule has 0 amide bonds. The maximum Gasteiger partial charge on any atom is 0.434 e. The first-order valence-corrected chi connectivity index (χ1v) is 8.36. The minimum Gasteiger partial charge on any atom is -0.466 e. The number of nitrogens with one attached hydrogen (secondary N) is 2. The average Bonchev–Trinajstić information content (AvgIpc) is 2.99. The minimum atomic E-state index is -4.40. The van der Waals surface area contributed by atoms with E-state index in [0.29, 0.717) is 49.9 Å². The topological polar surface area (TPSA) is 75.6 Å². The van der Waals surface area contributed by atoms with Gasteiger partial charge in [0, 0.05) is 38.4 Å². The van der Waals surface area contributed by atoms with E-state index in [-0.39, 0.29) is 5.97 Å². The molecule has 0 aliphatic rings. The zero-order valence-corrected chi connectivity index (χ0v) is 14.4. The Kier molecular flexibility index (Phi) is 8.51. The Morgan fingerprint density at radius 2 is 2.08 bits per heavy atom. The summed E-state index contributed by atoms with van der Waals surface area (Å²) in [5.74, 6) is 0.276. The summed E-state index contributed by atoms with van der Waals surface area (Å²) in [7, 11) is 1.59. The highest BCUT2D eigenvalue weighted by molar-refractivity contribution is 7.09. The SMILES string of the molecule is CCOC(=O)CCCNC(=NC)NCCc1nc(C(F)(F)F)cs1. The van der Waals surface area contributed by atoms with Gasteiger partial charge in [-0.3, -0.25) is 9.79 Å². The Balaban J connectivity index is 2.25. The third-order valence-corrected chi connectivity index (χ3v) is 3.76. The molecule has 0 saturated heterocycles. The van der Waals surface area contributed by atoms with Crippen LogP contribution < -0.4 is 10.6 Å². The molecule has 0 aromatic carbocycles. The van der Waals surface area contributed by atoms with E-state index in [4.69, 9.17) is 4.74 Å². The van der Waals surface area contributed by atoms with Crippen LogP contribution in [0.4, 0.5) is 13.2 Å². The molecule has 1 aromatic rings. The summed E-state index contributed by atoms with van der Waals surface area (Å²) in [5.41, 5.74) is -0.857. The molecule has 10 heteroatoms. The van der Waals surface area contributed by atoms with E-state index in [1.807, 2.05) is 0 Å². The summed E-state index contributed by atoms with van der Waals surface area (Å²) < 4.78 is 42.2. The molecular formula is C14H21F3N4O2S. The number of aromatic nitrogens is 1. The fourth-order valence-corrected chi connectivity index (χ4v) is 2.54. The Hall–Kier alpha value is -1.84. The number of aliphatic imine (C=N–C) groups is 1. The number of guanidine groups is 1. The van der Waals surface area contributed by atoms with E-state index in [0.717, 1.165) is 16.7 Å². The maximum atomic E-state index is 12.5. The van der Waals surface area contributed by atoms with Crippen molar-refractivity contribution in [1.29, 1.82) is 0 Å². The maximum absolute atomic E-state index is 12.5. The standard InChI is InChI=1S/C14H21F3N4O2S/c1-3-23-12(22)5-4-7-19-13(18-2)20-8-6-11-21-10(9-24-11)14(15,16)17/h9H,3-8H2,1-2H3,(H2,18,19,20). The first kappa shape index (κ1) is 20.2. The molecule has 0 saturated carbocycles. The lowest BCUT2D eigenvalue weighted by Gasteiger charge is -2.11. The molecule has 1 heterocycles. The van der Waals surface area contributed by atoms with Crippen LogP contribution in [0.5, 0.6) is 0 Å². The van der Waals surface area contributed by atoms with Gasteiger partial charge in [0.1, 0.15) is 0 Å². The number of carbonyl (C=O) groups is 1. The fraction of sp³-hybridized carbons (Fsp3) is 0.643. The second kappa shape index (κ2) is 10.1. The van der Waals surface area contributed by atoms with Crippen molar-refractivity contribution < 1.29 is 22.7 Å². The van der Waals surface area contributed by atoms with Gasteiger partial charge in [-0.05, 0) is 13.3 Å². The largest absolute Gasteiger partial charge is 0.466 e. The van der Waals surface area contributed by atoms with Crippen molar-refractivity contribution in [1.82, 2.24) is 15.6 Å². The second-order valence-corrected chi connectivity index (χ2v) is 5.65. The van der Waals surface area contributed by atoms with Crippen molar-refractivity contribution in [3.05, 3.63) is 16.1 Å². The number of nitrogens with zero attached hydrogens (tertiary/aromatic N) is 2. The molecule has 2 N–H and O–H groups in total. The predicted molar refractivity (Wildman–Crippen MR) is 86.1 cm³/mol. The van der Waals surface area contributed by atoms with Crippen LogP contribution in [0.3, 0.4) is 0 Å². The molecule has 24 heavy (non-hydrogen) atoms. The lowest BCUT2D eigenvalue weighted by atomic mass is 10.3. The van der Waals surface area contributed by atoms with Crippen LogP contribution in [0.2, 0.25) is 0 Å². The highest BCUT2D eigenvalue weighted by Gasteiger charge is 2.33. The van der Waals surface area contributed by atoms with Crippen LogP contribution >= 0.6 is 11.3 Å². The number of rotatable bonds is 8. The normalized spacial score (nSPS) is 12.1. The quantitative estimate of drug-likeness (QED) is 0.319. The van der Waals surface area contributed by atoms with E-state index in [1.165, 1.54) is 0 Å². The van der Waals surface area contributed by atoms with Gasteiger partial charge in [-0.2, -0.15) is 13.2 Å². The van der Waals surface area contributed by atoms with Crippen LogP contribution in [-0.4, -0.2) is 43.7 Å². The van der Waals surface area contributed by atoms with Crippen LogP contribution in [0, 0.1) is 0 Å². The summed E-state index contributed by atoms with van der Waals surface area (Å²) in [6.07, 6.45) is -3.12. The number of esters is 1. The predicted octanol–water partition coefficient (Wildman–Crippen LogP) is 2.21. The molecule has 1 rings (SSSR count). The Morgan fingerprint density at radius 3 is 2.67 bits per heavy atom. The zero-order chi connectivity index (χ0) is 18.0. The van der Waals surface area contributed by atoms with E-state index < -0.39 is 11.9 Å². The summed E-state index contributed by atoms with van der Waals surface area (Å²) in [4.78, 5) is 18.7. The monoisotopic (exact) mass is 366 g/mol. The number of alkyl halides is 3. The van der Waals surface area contributed by atoms with Crippen molar-refractivity contribution in [2.24, 2.45) is 4.99 Å². The van der Waals surface area contributed by atoms with E-state index >= 15 is 0 Å². The van der Waals surface area contributed by atoms with Crippen LogP contribution in [0.15, 0.2) is 10.4 Å². The number of hydrogen-bond donors (Lipinski definition) is 2. The van der Waals surface area contributed by atoms with E-state index in [1.54, 1.807) is 14.0 Å². The number of carbonyl (C=O) groups excluding carboxylic acids is 1. The number of ether oxygens (including phenoxy) is 1. The molecule has 0 unspecified atom stereocenters. The van der Waals surface area contributed by atoms with Gasteiger partial charge in [0.25, 0.3) is 0 Å². The summed E-state index contributed by atoms with van der Waals surface area (Å²) in [6, 6.07) is 0. The zero-order valence-electron chi connectivity index (χ0n) is 13.6. The second-order valence-electron chi connectivity index (χ2n) is 4.71. The van der Waals surface area contributed by atoms with Crippen molar-refractivity contribution >= 4 is 23.3 Å². The number of thiazole rings is 1. The summed E-state index contributed by atoms with van der Waals surface area (Å²) in [5, 5.41) is 7.43. The van der Waals surface area contributed by atoms with Crippen LogP contribution in [0.25, 0.3) is 0 Å². The molecule has 0 atom stereocenters. The van der Waals surface area contributed by atoms with Gasteiger partial charge >= 0.3 is 12.1 Å². The molecular weight excluding hydrogens is 345 g/mol. The van der Waals surface area contributed by atoms with Crippen molar-refractivity contribution in [2.45, 2.75) is 32.4 Å². The molecule has 1 aromatic heterocycles. The number of hydrogen-bond acceptors (Lipinski definition) is 5. The van der Waals surface area contributed by atoms with Gasteiger partial charge in [0.05, 0.1) is 11.6 Å². The van der Waals surface area contributed by atoms with Crippen LogP contribution in [-0.2, 0) is 22.1 Å². The lowest BCUT2D eigenvalue weighted by Crippen LogP contribution is -2.38. The van der Waals surface area contributed by atoms with E-state index in [9.17, 15) is 18.0 Å². The van der Waals surface area contributed by atoms with Gasteiger partial charge in [0.2, 0.25) is 0 Å². The van der Waals surface area contributed by atoms with E-state index in [2.05, 4.69) is 20.6 Å². The summed E-state index contributed by atoms with van der Waals surface area (Å²) >= 11 is 0.982. The lowest BCUT2D eigenvalue weighted by molar-refractivity contribution is -0.143. The number of halogens is 3. The van der Waals surface area contributed by atoms with Crippen molar-refractivity contribution in [3.8, 4) is 0 Å². The first-order valence-electron chi connectivity index (χ1n) is 7.48. The van der Waals surface area contributed by atoms with Crippen molar-refractivity contribution in [2.75, 3.05) is 26.7 Å². The molecule has 0 spiro atoms. The third-order valence-electron chi connectivity index (χ3n) is 2.85. The minimum absolute atomic E-state index is 0.244. The van der Waals surface area contributed by atoms with Gasteiger partial charge in [-0.25, -0.2) is 4.98 Å². The fourth-order valence-electron chi connectivity index (χ4n) is 1.74. The van der Waals surface area contributed by atoms with Gasteiger partial charge < -0.3 is 15.4 Å². The molecule has 0 bridgehead atoms. The third kappa shape index (κ3) is 7.62. The van der Waals surface area contributed by atoms with Gasteiger partial charge in [-0.15, -0.1) is 11.3 Å². The van der Waals surface area contributed by atoms with Gasteiger partial charge in [0.15, 0.2) is 11.7 Å². The molecule has 0 fully saturated rings. The smallest absolute Gasteiger partial charge is 0.434 e. The summed E-state index contributed by atoms with van der Waals surface area (Å²) in [6.45, 7) is 3.06. The molecule has 0 aliphatic heterocycles. The Labute approximate surface area is 142 Å². The molecule has 0 aliphatic carbocycles. The van der Waals surface area contributed by atoms with Crippen molar-refractivity contribution in [3.63, 3.8) is 0 Å². The Morgan fingerprint density at radius 1 is 1.38 bits per heavy atom. The van der Waals surface area contributed by atoms with Gasteiger partial charge in [-0.1, -0.05) is 0 Å². The highest BCUT2D eigenvalue weighted by Crippen LogP contribution is 2.29. The molecule has 0 radical (unpaired) electrons. The molecule has 6 nitrogen and oxygen atoms in total. The average molecular weight is 366 g/mol. The highest BCUT2D eigenvalue weighted by atomic mass is 32.1. The first-order chi connectivity index (χ1) is 11.4. The van der Waals surface area contributed by atoms with Crippen LogP contribution in [0.1, 0.15) is 30.5 Å². The molecule has 136 valence electrons. The Bertz CT molecular complexity index is 546.